The quantitative estimate of drug-likeness (QED) is 0.577. The molecule has 0 amide bonds. The van der Waals surface area contributed by atoms with Crippen molar-refractivity contribution in [2.24, 2.45) is 5.92 Å². The van der Waals surface area contributed by atoms with Crippen LogP contribution >= 0.6 is 0 Å². The van der Waals surface area contributed by atoms with E-state index in [1.165, 1.54) is 0 Å². The highest BCUT2D eigenvalue weighted by Gasteiger charge is 2.27. The molecule has 0 aromatic heterocycles. The van der Waals surface area contributed by atoms with Crippen molar-refractivity contribution in [3.8, 4) is 18.2 Å². The molecule has 0 bridgehead atoms. The predicted octanol–water partition coefficient (Wildman–Crippen LogP) is 2.06. The van der Waals surface area contributed by atoms with Crippen LogP contribution in [0.5, 0.6) is 0 Å². The Balaban J connectivity index is 3.15. The Morgan fingerprint density at radius 2 is 1.70 bits per heavy atom. The first-order valence-electron chi connectivity index (χ1n) is 6.34. The molecule has 0 N–H and O–H groups in total. The van der Waals surface area contributed by atoms with Gasteiger partial charge in [0.1, 0.15) is 29.6 Å². The third kappa shape index (κ3) is 3.05. The fourth-order valence-corrected chi connectivity index (χ4v) is 2.31. The van der Waals surface area contributed by atoms with Crippen LogP contribution in [0.25, 0.3) is 0 Å². The molecule has 0 spiro atoms. The monoisotopic (exact) mass is 268 g/mol. The van der Waals surface area contributed by atoms with Crippen molar-refractivity contribution in [3.63, 3.8) is 0 Å². The minimum Gasteiger partial charge on any atom is -0.373 e. The maximum Gasteiger partial charge on any atom is 0.134 e. The second-order valence-electron chi connectivity index (χ2n) is 4.84. The van der Waals surface area contributed by atoms with E-state index >= 15 is 0 Å². The molecule has 5 heteroatoms. The number of carbonyl (C=O) groups excluding carboxylic acids is 1. The average molecular weight is 268 g/mol. The lowest BCUT2D eigenvalue weighted by Crippen LogP contribution is -2.22. The molecule has 1 rings (SSSR count). The minimum atomic E-state index is -0.0526. The number of allylic oxidation sites excluding steroid dienone is 4. The van der Waals surface area contributed by atoms with E-state index in [1.807, 2.05) is 4.90 Å². The van der Waals surface area contributed by atoms with Gasteiger partial charge in [-0.2, -0.15) is 15.8 Å². The molecule has 0 aromatic carbocycles. The number of Topliss-reactive ketones (excluding diaryl/α,β-unsaturated/α-hetero) is 1. The molecule has 1 unspecified atom stereocenters. The third-order valence-corrected chi connectivity index (χ3v) is 3.68. The smallest absolute Gasteiger partial charge is 0.134 e. The number of likely N-dealkylation sites (tertiary alicyclic amines) is 1. The Labute approximate surface area is 119 Å². The number of hydrogen-bond acceptors (Lipinski definition) is 5. The maximum absolute atomic E-state index is 11.4. The van der Waals surface area contributed by atoms with Gasteiger partial charge < -0.3 is 4.90 Å². The van der Waals surface area contributed by atoms with Crippen molar-refractivity contribution >= 4 is 5.78 Å². The molecule has 5 nitrogen and oxygen atoms in total. The van der Waals surface area contributed by atoms with Crippen molar-refractivity contribution in [1.82, 2.24) is 4.90 Å². The summed E-state index contributed by atoms with van der Waals surface area (Å²) < 4.78 is 0. The van der Waals surface area contributed by atoms with E-state index in [1.54, 1.807) is 32.9 Å². The topological polar surface area (TPSA) is 91.7 Å². The van der Waals surface area contributed by atoms with E-state index in [-0.39, 0.29) is 17.3 Å². The summed E-state index contributed by atoms with van der Waals surface area (Å²) in [5.74, 6) is 0.154. The highest BCUT2D eigenvalue weighted by molar-refractivity contribution is 5.78. The maximum atomic E-state index is 11.4. The normalized spacial score (nSPS) is 18.4. The lowest BCUT2D eigenvalue weighted by atomic mass is 10.0. The lowest BCUT2D eigenvalue weighted by Gasteiger charge is -2.20. The van der Waals surface area contributed by atoms with Crippen molar-refractivity contribution in [3.05, 3.63) is 22.4 Å². The van der Waals surface area contributed by atoms with Crippen molar-refractivity contribution < 1.29 is 4.79 Å². The van der Waals surface area contributed by atoms with Gasteiger partial charge in [0.15, 0.2) is 0 Å². The van der Waals surface area contributed by atoms with Crippen molar-refractivity contribution in [2.75, 3.05) is 13.1 Å². The number of carbonyl (C=O) groups is 1. The Morgan fingerprint density at radius 3 is 2.10 bits per heavy atom. The number of rotatable bonds is 3. The Bertz CT molecular complexity index is 591. The zero-order valence-electron chi connectivity index (χ0n) is 11.9. The molecule has 1 fully saturated rings. The van der Waals surface area contributed by atoms with E-state index in [4.69, 9.17) is 10.5 Å². The zero-order chi connectivity index (χ0) is 15.3. The minimum absolute atomic E-state index is 0.000539. The lowest BCUT2D eigenvalue weighted by molar-refractivity contribution is -0.120. The first kappa shape index (κ1) is 15.5. The molecule has 1 aliphatic rings. The van der Waals surface area contributed by atoms with Crippen LogP contribution in [0.3, 0.4) is 0 Å². The van der Waals surface area contributed by atoms with Crippen LogP contribution < -0.4 is 0 Å². The van der Waals surface area contributed by atoms with Crippen molar-refractivity contribution in [2.45, 2.75) is 27.2 Å². The van der Waals surface area contributed by atoms with Gasteiger partial charge in [0.25, 0.3) is 0 Å². The number of nitriles is 3. The van der Waals surface area contributed by atoms with Crippen molar-refractivity contribution in [1.29, 1.82) is 15.8 Å². The molecular weight excluding hydrogens is 252 g/mol. The van der Waals surface area contributed by atoms with E-state index in [9.17, 15) is 10.1 Å². The summed E-state index contributed by atoms with van der Waals surface area (Å²) in [4.78, 5) is 13.4. The molecule has 1 aliphatic heterocycles. The molecule has 20 heavy (non-hydrogen) atoms. The Hall–Kier alpha value is -2.58. The van der Waals surface area contributed by atoms with Crippen LogP contribution in [0, 0.1) is 39.9 Å². The first-order valence-corrected chi connectivity index (χ1v) is 6.34. The second-order valence-corrected chi connectivity index (χ2v) is 4.84. The summed E-state index contributed by atoms with van der Waals surface area (Å²) >= 11 is 0. The Morgan fingerprint density at radius 1 is 1.10 bits per heavy atom. The van der Waals surface area contributed by atoms with Gasteiger partial charge in [0, 0.05) is 24.7 Å². The van der Waals surface area contributed by atoms with Gasteiger partial charge >= 0.3 is 0 Å². The number of ketones is 1. The van der Waals surface area contributed by atoms with Gasteiger partial charge in [-0.3, -0.25) is 4.79 Å². The van der Waals surface area contributed by atoms with Crippen LogP contribution in [0.15, 0.2) is 22.4 Å². The van der Waals surface area contributed by atoms with E-state index in [0.29, 0.717) is 24.2 Å². The largest absolute Gasteiger partial charge is 0.373 e. The summed E-state index contributed by atoms with van der Waals surface area (Å²) in [6.07, 6.45) is 0.775. The zero-order valence-corrected chi connectivity index (χ0v) is 11.9. The van der Waals surface area contributed by atoms with Gasteiger partial charge in [-0.25, -0.2) is 0 Å². The first-order chi connectivity index (χ1) is 9.46. The SMILES string of the molecule is CC(=O)C1CCN(/C(C)=C(\C#N)C(C)=C(C#N)C#N)C1. The fraction of sp³-hybridized carbons (Fsp3) is 0.467. The molecule has 1 heterocycles. The highest BCUT2D eigenvalue weighted by atomic mass is 16.1. The van der Waals surface area contributed by atoms with E-state index in [2.05, 4.69) is 6.07 Å². The molecule has 0 aromatic rings. The van der Waals surface area contributed by atoms with Crippen LogP contribution in [-0.2, 0) is 4.79 Å². The predicted molar refractivity (Wildman–Crippen MR) is 72.6 cm³/mol. The summed E-state index contributed by atoms with van der Waals surface area (Å²) in [6, 6.07) is 5.66. The molecule has 0 saturated carbocycles. The summed E-state index contributed by atoms with van der Waals surface area (Å²) in [5.41, 5.74) is 1.40. The van der Waals surface area contributed by atoms with Gasteiger partial charge in [-0.1, -0.05) is 0 Å². The molecule has 0 radical (unpaired) electrons. The average Bonchev–Trinajstić information content (AvgIpc) is 2.90. The molecule has 0 aliphatic carbocycles. The van der Waals surface area contributed by atoms with Gasteiger partial charge in [0.2, 0.25) is 0 Å². The van der Waals surface area contributed by atoms with Crippen LogP contribution in [0.1, 0.15) is 27.2 Å². The molecular formula is C15H16N4O. The van der Waals surface area contributed by atoms with E-state index < -0.39 is 0 Å². The summed E-state index contributed by atoms with van der Waals surface area (Å²) in [6.45, 7) is 6.27. The second kappa shape index (κ2) is 6.55. The number of nitrogens with zero attached hydrogens (tertiary/aromatic N) is 4. The highest BCUT2D eigenvalue weighted by Crippen LogP contribution is 2.26. The number of hydrogen-bond donors (Lipinski definition) is 0. The van der Waals surface area contributed by atoms with Crippen LogP contribution in [0.2, 0.25) is 0 Å². The molecule has 1 atom stereocenters. The van der Waals surface area contributed by atoms with Gasteiger partial charge in [-0.15, -0.1) is 0 Å². The fourth-order valence-electron chi connectivity index (χ4n) is 2.31. The van der Waals surface area contributed by atoms with Crippen LogP contribution in [-0.4, -0.2) is 23.8 Å². The molecule has 1 saturated heterocycles. The van der Waals surface area contributed by atoms with Crippen LogP contribution in [0.4, 0.5) is 0 Å². The molecule has 102 valence electrons. The standard InChI is InChI=1S/C15H16N4O/c1-10(14(6-16)7-17)15(8-18)11(2)19-5-4-13(9-19)12(3)20/h13H,4-5,9H2,1-3H3/b15-11+. The van der Waals surface area contributed by atoms with Gasteiger partial charge in [-0.05, 0) is 32.8 Å². The Kier molecular flexibility index (Phi) is 5.07. The summed E-state index contributed by atoms with van der Waals surface area (Å²) in [7, 11) is 0. The third-order valence-electron chi connectivity index (χ3n) is 3.68. The summed E-state index contributed by atoms with van der Waals surface area (Å²) in [5, 5.41) is 27.1. The van der Waals surface area contributed by atoms with Gasteiger partial charge in [0.05, 0.1) is 5.57 Å². The van der Waals surface area contributed by atoms with E-state index in [0.717, 1.165) is 12.1 Å².